The van der Waals surface area contributed by atoms with Crippen LogP contribution in [0, 0.1) is 0 Å². The standard InChI is InChI=1S/C32H66O7/c1-3-5-6-7-8-9-10-11-12-13-14-15-16-17-18-19-20-34-23-24-36-27-28-38-31-32-39-30-29-37-26-25-35-22-21-33-4-2/h3-32H2,1-2H3. The minimum Gasteiger partial charge on any atom is -0.379 e. The first-order valence-corrected chi connectivity index (χ1v) is 16.5. The number of ether oxygens (including phenoxy) is 7. The molecule has 0 heterocycles. The minimum absolute atomic E-state index is 0.565. The van der Waals surface area contributed by atoms with Crippen molar-refractivity contribution in [3.05, 3.63) is 0 Å². The fraction of sp³-hybridized carbons (Fsp3) is 1.00. The zero-order chi connectivity index (χ0) is 28.2. The van der Waals surface area contributed by atoms with E-state index >= 15 is 0 Å². The Hall–Kier alpha value is -0.280. The lowest BCUT2D eigenvalue weighted by Crippen LogP contribution is -2.14. The second-order valence-corrected chi connectivity index (χ2v) is 10.2. The summed E-state index contributed by atoms with van der Waals surface area (Å²) >= 11 is 0. The lowest BCUT2D eigenvalue weighted by molar-refractivity contribution is -0.0202. The molecule has 0 fully saturated rings. The van der Waals surface area contributed by atoms with Crippen LogP contribution >= 0.6 is 0 Å². The van der Waals surface area contributed by atoms with Gasteiger partial charge in [-0.05, 0) is 13.3 Å². The highest BCUT2D eigenvalue weighted by Crippen LogP contribution is 2.13. The summed E-state index contributed by atoms with van der Waals surface area (Å²) in [6, 6.07) is 0. The molecule has 0 atom stereocenters. The van der Waals surface area contributed by atoms with Crippen molar-refractivity contribution in [2.45, 2.75) is 117 Å². The fourth-order valence-electron chi connectivity index (χ4n) is 4.22. The van der Waals surface area contributed by atoms with Crippen molar-refractivity contribution in [2.75, 3.05) is 92.5 Å². The van der Waals surface area contributed by atoms with Crippen LogP contribution in [0.1, 0.15) is 117 Å². The second-order valence-electron chi connectivity index (χ2n) is 10.2. The molecule has 39 heavy (non-hydrogen) atoms. The molecule has 0 unspecified atom stereocenters. The molecule has 0 aromatic carbocycles. The monoisotopic (exact) mass is 562 g/mol. The van der Waals surface area contributed by atoms with Crippen LogP contribution in [0.3, 0.4) is 0 Å². The summed E-state index contributed by atoms with van der Waals surface area (Å²) in [6.07, 6.45) is 22.3. The number of rotatable bonds is 36. The van der Waals surface area contributed by atoms with Gasteiger partial charge in [-0.1, -0.05) is 103 Å². The molecule has 0 aromatic heterocycles. The van der Waals surface area contributed by atoms with Crippen LogP contribution in [0.15, 0.2) is 0 Å². The Balaban J connectivity index is 3.01. The van der Waals surface area contributed by atoms with Crippen molar-refractivity contribution in [2.24, 2.45) is 0 Å². The highest BCUT2D eigenvalue weighted by molar-refractivity contribution is 4.50. The van der Waals surface area contributed by atoms with Gasteiger partial charge >= 0.3 is 0 Å². The summed E-state index contributed by atoms with van der Waals surface area (Å²) in [5.74, 6) is 0. The normalized spacial score (nSPS) is 11.5. The molecule has 236 valence electrons. The van der Waals surface area contributed by atoms with Crippen molar-refractivity contribution in [3.63, 3.8) is 0 Å². The molecule has 0 aliphatic heterocycles. The maximum absolute atomic E-state index is 5.67. The molecule has 7 heteroatoms. The summed E-state index contributed by atoms with van der Waals surface area (Å²) in [7, 11) is 0. The largest absolute Gasteiger partial charge is 0.379 e. The predicted molar refractivity (Wildman–Crippen MR) is 161 cm³/mol. The Morgan fingerprint density at radius 2 is 0.462 bits per heavy atom. The van der Waals surface area contributed by atoms with Crippen LogP contribution in [-0.2, 0) is 33.2 Å². The topological polar surface area (TPSA) is 64.6 Å². The van der Waals surface area contributed by atoms with E-state index in [0.717, 1.165) is 19.6 Å². The molecular weight excluding hydrogens is 496 g/mol. The molecule has 0 amide bonds. The summed E-state index contributed by atoms with van der Waals surface area (Å²) < 4.78 is 38.2. The lowest BCUT2D eigenvalue weighted by atomic mass is 10.0. The Bertz CT molecular complexity index is 376. The number of unbranched alkanes of at least 4 members (excludes halogenated alkanes) is 15. The van der Waals surface area contributed by atoms with Crippen LogP contribution in [0.2, 0.25) is 0 Å². The van der Waals surface area contributed by atoms with Gasteiger partial charge in [0.2, 0.25) is 0 Å². The van der Waals surface area contributed by atoms with Gasteiger partial charge in [0.15, 0.2) is 0 Å². The van der Waals surface area contributed by atoms with Crippen molar-refractivity contribution in [1.29, 1.82) is 0 Å². The maximum Gasteiger partial charge on any atom is 0.0701 e. The molecular formula is C32H66O7. The first-order chi connectivity index (χ1) is 19.4. The predicted octanol–water partition coefficient (Wildman–Crippen LogP) is 7.38. The van der Waals surface area contributed by atoms with Crippen LogP contribution in [0.5, 0.6) is 0 Å². The lowest BCUT2D eigenvalue weighted by Gasteiger charge is -2.08. The molecule has 0 N–H and O–H groups in total. The Morgan fingerprint density at radius 1 is 0.231 bits per heavy atom. The number of hydrogen-bond acceptors (Lipinski definition) is 7. The van der Waals surface area contributed by atoms with Crippen molar-refractivity contribution >= 4 is 0 Å². The summed E-state index contributed by atoms with van der Waals surface area (Å²) in [6.45, 7) is 13.0. The van der Waals surface area contributed by atoms with Gasteiger partial charge in [0.1, 0.15) is 0 Å². The zero-order valence-electron chi connectivity index (χ0n) is 26.1. The molecule has 0 saturated carbocycles. The summed E-state index contributed by atoms with van der Waals surface area (Å²) in [5.41, 5.74) is 0. The molecule has 0 bridgehead atoms. The van der Waals surface area contributed by atoms with Gasteiger partial charge in [0.05, 0.1) is 79.3 Å². The molecule has 0 aromatic rings. The van der Waals surface area contributed by atoms with Crippen LogP contribution < -0.4 is 0 Å². The molecule has 7 nitrogen and oxygen atoms in total. The van der Waals surface area contributed by atoms with Gasteiger partial charge in [-0.15, -0.1) is 0 Å². The van der Waals surface area contributed by atoms with E-state index in [9.17, 15) is 0 Å². The van der Waals surface area contributed by atoms with E-state index in [1.54, 1.807) is 0 Å². The van der Waals surface area contributed by atoms with Gasteiger partial charge in [0, 0.05) is 13.2 Å². The van der Waals surface area contributed by atoms with E-state index in [0.29, 0.717) is 79.3 Å². The van der Waals surface area contributed by atoms with Crippen molar-refractivity contribution < 1.29 is 33.2 Å². The van der Waals surface area contributed by atoms with Crippen molar-refractivity contribution in [3.8, 4) is 0 Å². The quantitative estimate of drug-likeness (QED) is 0.0738. The molecule has 0 radical (unpaired) electrons. The van der Waals surface area contributed by atoms with Gasteiger partial charge in [0.25, 0.3) is 0 Å². The van der Waals surface area contributed by atoms with Gasteiger partial charge in [-0.25, -0.2) is 0 Å². The molecule has 0 aliphatic carbocycles. The van der Waals surface area contributed by atoms with E-state index in [2.05, 4.69) is 6.92 Å². The average Bonchev–Trinajstić information content (AvgIpc) is 2.95. The van der Waals surface area contributed by atoms with E-state index in [1.807, 2.05) is 6.92 Å². The smallest absolute Gasteiger partial charge is 0.0701 e. The summed E-state index contributed by atoms with van der Waals surface area (Å²) in [4.78, 5) is 0. The maximum atomic E-state index is 5.67. The molecule has 0 spiro atoms. The van der Waals surface area contributed by atoms with Crippen molar-refractivity contribution in [1.82, 2.24) is 0 Å². The van der Waals surface area contributed by atoms with Crippen LogP contribution in [0.4, 0.5) is 0 Å². The third-order valence-electron chi connectivity index (χ3n) is 6.58. The SMILES string of the molecule is CCCCCCCCCCCCCCCCCCOCCOCCOCCOCCOCCOCCOCC. The van der Waals surface area contributed by atoms with E-state index in [4.69, 9.17) is 33.2 Å². The molecule has 0 rings (SSSR count). The van der Waals surface area contributed by atoms with Crippen LogP contribution in [-0.4, -0.2) is 92.5 Å². The highest BCUT2D eigenvalue weighted by atomic mass is 16.6. The minimum atomic E-state index is 0.565. The van der Waals surface area contributed by atoms with E-state index in [-0.39, 0.29) is 0 Å². The van der Waals surface area contributed by atoms with E-state index in [1.165, 1.54) is 96.3 Å². The fourth-order valence-corrected chi connectivity index (χ4v) is 4.22. The average molecular weight is 563 g/mol. The zero-order valence-corrected chi connectivity index (χ0v) is 26.1. The third kappa shape index (κ3) is 37.7. The first kappa shape index (κ1) is 38.7. The highest BCUT2D eigenvalue weighted by Gasteiger charge is 1.97. The Morgan fingerprint density at radius 3 is 0.744 bits per heavy atom. The van der Waals surface area contributed by atoms with Gasteiger partial charge in [-0.2, -0.15) is 0 Å². The molecule has 0 saturated heterocycles. The van der Waals surface area contributed by atoms with Crippen LogP contribution in [0.25, 0.3) is 0 Å². The molecule has 0 aliphatic rings. The Labute approximate surface area is 242 Å². The second kappa shape index (κ2) is 37.7. The third-order valence-corrected chi connectivity index (χ3v) is 6.58. The summed E-state index contributed by atoms with van der Waals surface area (Å²) in [5, 5.41) is 0. The first-order valence-electron chi connectivity index (χ1n) is 16.5. The van der Waals surface area contributed by atoms with Gasteiger partial charge in [-0.3, -0.25) is 0 Å². The Kier molecular flexibility index (Phi) is 37.4. The number of hydrogen-bond donors (Lipinski definition) is 0. The van der Waals surface area contributed by atoms with Gasteiger partial charge < -0.3 is 33.2 Å². The van der Waals surface area contributed by atoms with E-state index < -0.39 is 0 Å².